The molecule has 59 heavy (non-hydrogen) atoms. The van der Waals surface area contributed by atoms with Crippen LogP contribution in [0.5, 0.6) is 0 Å². The zero-order valence-corrected chi connectivity index (χ0v) is 38.5. The number of carbonyl (C=O) groups is 1. The Bertz CT molecular complexity index is 935. The van der Waals surface area contributed by atoms with Gasteiger partial charge in [-0.3, -0.25) is 4.79 Å². The summed E-state index contributed by atoms with van der Waals surface area (Å²) in [6.45, 7) is 3.80. The van der Waals surface area contributed by atoms with Gasteiger partial charge in [-0.1, -0.05) is 231 Å². The first-order valence-electron chi connectivity index (χ1n) is 25.4. The minimum Gasteiger partial charge on any atom is -0.394 e. The van der Waals surface area contributed by atoms with Crippen molar-refractivity contribution in [2.75, 3.05) is 13.2 Å². The third kappa shape index (κ3) is 31.4. The second-order valence-electron chi connectivity index (χ2n) is 18.0. The lowest BCUT2D eigenvalue weighted by Crippen LogP contribution is -2.60. The fourth-order valence-electron chi connectivity index (χ4n) is 8.28. The van der Waals surface area contributed by atoms with Crippen LogP contribution in [0.4, 0.5) is 0 Å². The van der Waals surface area contributed by atoms with Gasteiger partial charge in [0.05, 0.1) is 25.4 Å². The summed E-state index contributed by atoms with van der Waals surface area (Å²) < 4.78 is 11.2. The zero-order valence-electron chi connectivity index (χ0n) is 38.5. The van der Waals surface area contributed by atoms with Gasteiger partial charge in [0.15, 0.2) is 6.29 Å². The molecule has 1 heterocycles. The Morgan fingerprint density at radius 1 is 0.559 bits per heavy atom. The van der Waals surface area contributed by atoms with Gasteiger partial charge in [0.25, 0.3) is 0 Å². The highest BCUT2D eigenvalue weighted by Crippen LogP contribution is 2.23. The fourth-order valence-corrected chi connectivity index (χ4v) is 8.28. The van der Waals surface area contributed by atoms with E-state index in [9.17, 15) is 30.3 Å². The molecule has 350 valence electrons. The lowest BCUT2D eigenvalue weighted by Gasteiger charge is -2.40. The van der Waals surface area contributed by atoms with Crippen molar-refractivity contribution in [2.24, 2.45) is 0 Å². The van der Waals surface area contributed by atoms with Crippen LogP contribution >= 0.6 is 0 Å². The number of hydrogen-bond donors (Lipinski definition) is 6. The number of hydrogen-bond acceptors (Lipinski definition) is 8. The van der Waals surface area contributed by atoms with Crippen molar-refractivity contribution >= 4 is 5.91 Å². The van der Waals surface area contributed by atoms with E-state index in [2.05, 4.69) is 19.2 Å². The molecular formula is C50H97NO8. The Morgan fingerprint density at radius 3 is 1.32 bits per heavy atom. The van der Waals surface area contributed by atoms with Crippen LogP contribution in [0, 0.1) is 0 Å². The number of unbranched alkanes of at least 4 members (excludes halogenated alkanes) is 33. The average Bonchev–Trinajstić information content (AvgIpc) is 3.23. The van der Waals surface area contributed by atoms with Crippen LogP contribution < -0.4 is 5.32 Å². The molecule has 1 aliphatic heterocycles. The number of amides is 1. The first-order valence-corrected chi connectivity index (χ1v) is 25.4. The number of nitrogens with one attached hydrogen (secondary N) is 1. The van der Waals surface area contributed by atoms with Crippen LogP contribution in [0.1, 0.15) is 245 Å². The summed E-state index contributed by atoms with van der Waals surface area (Å²) in [4.78, 5) is 13.0. The lowest BCUT2D eigenvalue weighted by molar-refractivity contribution is -0.302. The molecule has 1 aliphatic rings. The van der Waals surface area contributed by atoms with Crippen molar-refractivity contribution in [1.82, 2.24) is 5.32 Å². The molecule has 9 nitrogen and oxygen atoms in total. The molecule has 6 N–H and O–H groups in total. The topological polar surface area (TPSA) is 149 Å². The maximum Gasteiger partial charge on any atom is 0.220 e. The van der Waals surface area contributed by atoms with E-state index in [0.29, 0.717) is 6.42 Å². The van der Waals surface area contributed by atoms with Crippen LogP contribution in [0.2, 0.25) is 0 Å². The lowest BCUT2D eigenvalue weighted by atomic mass is 9.99. The summed E-state index contributed by atoms with van der Waals surface area (Å²) in [6, 6.07) is -0.799. The number of allylic oxidation sites excluding steroid dienone is 1. The van der Waals surface area contributed by atoms with Gasteiger partial charge in [-0.15, -0.1) is 0 Å². The van der Waals surface area contributed by atoms with E-state index in [1.807, 2.05) is 6.08 Å². The minimum atomic E-state index is -1.56. The number of aliphatic hydroxyl groups is 5. The molecule has 0 aromatic rings. The van der Waals surface area contributed by atoms with Gasteiger partial charge in [-0.05, 0) is 19.3 Å². The van der Waals surface area contributed by atoms with E-state index in [1.54, 1.807) is 6.08 Å². The van der Waals surface area contributed by atoms with Crippen molar-refractivity contribution < 1.29 is 39.8 Å². The summed E-state index contributed by atoms with van der Waals surface area (Å²) in [7, 11) is 0. The molecule has 1 saturated heterocycles. The molecule has 1 rings (SSSR count). The predicted octanol–water partition coefficient (Wildman–Crippen LogP) is 11.3. The highest BCUT2D eigenvalue weighted by molar-refractivity contribution is 5.76. The third-order valence-electron chi connectivity index (χ3n) is 12.4. The second kappa shape index (κ2) is 41.0. The molecule has 7 unspecified atom stereocenters. The molecule has 0 aliphatic carbocycles. The molecule has 0 saturated carbocycles. The maximum absolute atomic E-state index is 13.0. The van der Waals surface area contributed by atoms with E-state index in [-0.39, 0.29) is 12.5 Å². The van der Waals surface area contributed by atoms with Gasteiger partial charge in [0, 0.05) is 6.42 Å². The molecule has 0 aromatic carbocycles. The first-order chi connectivity index (χ1) is 28.8. The van der Waals surface area contributed by atoms with Crippen molar-refractivity contribution in [3.8, 4) is 0 Å². The van der Waals surface area contributed by atoms with Crippen LogP contribution in [0.25, 0.3) is 0 Å². The van der Waals surface area contributed by atoms with E-state index in [4.69, 9.17) is 9.47 Å². The van der Waals surface area contributed by atoms with Gasteiger partial charge in [-0.25, -0.2) is 0 Å². The largest absolute Gasteiger partial charge is 0.394 e. The Kier molecular flexibility index (Phi) is 38.9. The zero-order chi connectivity index (χ0) is 43.0. The van der Waals surface area contributed by atoms with Crippen LogP contribution in [0.15, 0.2) is 12.2 Å². The third-order valence-corrected chi connectivity index (χ3v) is 12.4. The van der Waals surface area contributed by atoms with Crippen molar-refractivity contribution in [1.29, 1.82) is 0 Å². The Morgan fingerprint density at radius 2 is 0.932 bits per heavy atom. The highest BCUT2D eigenvalue weighted by atomic mass is 16.7. The van der Waals surface area contributed by atoms with E-state index in [1.165, 1.54) is 186 Å². The van der Waals surface area contributed by atoms with Crippen molar-refractivity contribution in [3.05, 3.63) is 12.2 Å². The van der Waals surface area contributed by atoms with Gasteiger partial charge in [-0.2, -0.15) is 0 Å². The molecule has 0 bridgehead atoms. The molecule has 0 aromatic heterocycles. The Hall–Kier alpha value is -1.07. The van der Waals surface area contributed by atoms with Crippen molar-refractivity contribution in [2.45, 2.75) is 288 Å². The summed E-state index contributed by atoms with van der Waals surface area (Å²) in [5.41, 5.74) is 0. The average molecular weight is 840 g/mol. The Balaban J connectivity index is 2.30. The first kappa shape index (κ1) is 55.9. The fraction of sp³-hybridized carbons (Fsp3) is 0.940. The van der Waals surface area contributed by atoms with Gasteiger partial charge < -0.3 is 40.3 Å². The molecule has 9 heteroatoms. The van der Waals surface area contributed by atoms with Gasteiger partial charge >= 0.3 is 0 Å². The number of carbonyl (C=O) groups excluding carboxylic acids is 1. The maximum atomic E-state index is 13.0. The quantitative estimate of drug-likeness (QED) is 0.0263. The smallest absolute Gasteiger partial charge is 0.220 e. The number of aliphatic hydroxyl groups excluding tert-OH is 5. The SMILES string of the molecule is CCCCCCCCCCCCCCCCCC/C=C/C(O)C(COC1OC(CO)C(O)C(O)C1O)NC(=O)CCCCCCCCCCCCCCCCCCCC. The van der Waals surface area contributed by atoms with Crippen LogP contribution in [0.3, 0.4) is 0 Å². The molecule has 1 fully saturated rings. The monoisotopic (exact) mass is 840 g/mol. The number of rotatable bonds is 43. The van der Waals surface area contributed by atoms with E-state index < -0.39 is 49.5 Å². The molecule has 7 atom stereocenters. The summed E-state index contributed by atoms with van der Waals surface area (Å²) in [6.07, 6.45) is 41.1. The van der Waals surface area contributed by atoms with Gasteiger partial charge in [0.2, 0.25) is 5.91 Å². The summed E-state index contributed by atoms with van der Waals surface area (Å²) in [5, 5.41) is 54.3. The molecule has 1 amide bonds. The predicted molar refractivity (Wildman–Crippen MR) is 244 cm³/mol. The standard InChI is InChI=1S/C50H97NO8/c1-3-5-7-9-11-13-15-17-19-21-23-25-27-29-31-33-35-37-39-44(53)43(42-58-50-49(57)48(56)47(55)45(41-52)59-50)51-46(54)40-38-36-34-32-30-28-26-24-22-20-18-16-14-12-10-8-6-4-2/h37,39,43-45,47-50,52-53,55-57H,3-36,38,40-42H2,1-2H3,(H,51,54)/b39-37+. The Labute approximate surface area is 363 Å². The normalized spacial score (nSPS) is 20.7. The van der Waals surface area contributed by atoms with Gasteiger partial charge in [0.1, 0.15) is 24.4 Å². The minimum absolute atomic E-state index is 0.172. The van der Waals surface area contributed by atoms with Crippen LogP contribution in [-0.2, 0) is 14.3 Å². The highest BCUT2D eigenvalue weighted by Gasteiger charge is 2.44. The summed E-state index contributed by atoms with van der Waals surface area (Å²) >= 11 is 0. The van der Waals surface area contributed by atoms with E-state index in [0.717, 1.165) is 38.5 Å². The molecule has 0 radical (unpaired) electrons. The second-order valence-corrected chi connectivity index (χ2v) is 18.0. The van der Waals surface area contributed by atoms with Crippen LogP contribution in [-0.4, -0.2) is 87.5 Å². The van der Waals surface area contributed by atoms with E-state index >= 15 is 0 Å². The number of ether oxygens (including phenoxy) is 2. The van der Waals surface area contributed by atoms with Crippen molar-refractivity contribution in [3.63, 3.8) is 0 Å². The molecule has 0 spiro atoms. The molecular weight excluding hydrogens is 743 g/mol. The summed E-state index contributed by atoms with van der Waals surface area (Å²) in [5.74, 6) is -0.172.